The first-order valence-corrected chi connectivity index (χ1v) is 9.31. The van der Waals surface area contributed by atoms with Crippen LogP contribution in [0.5, 0.6) is 5.75 Å². The molecular formula is C21H19NO5. The van der Waals surface area contributed by atoms with E-state index in [1.54, 1.807) is 12.1 Å². The molecule has 0 spiro atoms. The van der Waals surface area contributed by atoms with Gasteiger partial charge in [-0.3, -0.25) is 19.3 Å². The van der Waals surface area contributed by atoms with Crippen molar-refractivity contribution in [3.05, 3.63) is 42.0 Å². The molecule has 2 bridgehead atoms. The molecule has 0 radical (unpaired) electrons. The fraction of sp³-hybridized carbons (Fsp3) is 0.429. The normalized spacial score (nSPS) is 35.1. The third kappa shape index (κ3) is 2.39. The largest absolute Gasteiger partial charge is 0.425 e. The van der Waals surface area contributed by atoms with Gasteiger partial charge in [0.2, 0.25) is 11.8 Å². The summed E-state index contributed by atoms with van der Waals surface area (Å²) < 4.78 is 5.25. The van der Waals surface area contributed by atoms with Gasteiger partial charge >= 0.3 is 5.97 Å². The van der Waals surface area contributed by atoms with Crippen LogP contribution >= 0.6 is 0 Å². The van der Waals surface area contributed by atoms with E-state index in [4.69, 9.17) is 4.74 Å². The average Bonchev–Trinajstić information content (AvgIpc) is 3.43. The van der Waals surface area contributed by atoms with Crippen LogP contribution in [0, 0.1) is 35.5 Å². The van der Waals surface area contributed by atoms with Crippen LogP contribution in [0.4, 0.5) is 0 Å². The number of ketones is 1. The molecule has 2 amide bonds. The highest BCUT2D eigenvalue weighted by molar-refractivity contribution is 6.08. The molecule has 6 atom stereocenters. The van der Waals surface area contributed by atoms with Crippen molar-refractivity contribution in [3.8, 4) is 5.75 Å². The van der Waals surface area contributed by atoms with Gasteiger partial charge in [-0.1, -0.05) is 12.2 Å². The number of esters is 1. The molecule has 1 saturated heterocycles. The molecule has 6 heteroatoms. The predicted octanol–water partition coefficient (Wildman–Crippen LogP) is 1.85. The lowest BCUT2D eigenvalue weighted by molar-refractivity contribution is -0.148. The van der Waals surface area contributed by atoms with Gasteiger partial charge in [-0.25, -0.2) is 4.79 Å². The standard InChI is InChI=1S/C21H19NO5/c1-10(23)11-2-4-12(5-3-11)27-17(24)9-22-20(25)18-13-6-7-14(16-8-15(13)16)19(18)21(22)26/h2-7,13-16,18-19H,8-9H2,1H3/t13-,14-,15-,16+,18-,19+/m0/s1. The molecule has 2 saturated carbocycles. The van der Waals surface area contributed by atoms with Gasteiger partial charge in [0.15, 0.2) is 5.78 Å². The Bertz CT molecular complexity index is 866. The van der Waals surface area contributed by atoms with E-state index in [1.807, 2.05) is 0 Å². The van der Waals surface area contributed by atoms with E-state index in [0.717, 1.165) is 11.3 Å². The van der Waals surface area contributed by atoms with E-state index >= 15 is 0 Å². The minimum absolute atomic E-state index is 0.0787. The molecule has 0 aromatic heterocycles. The van der Waals surface area contributed by atoms with Gasteiger partial charge in [-0.15, -0.1) is 0 Å². The number of hydrogen-bond donors (Lipinski definition) is 0. The number of hydrogen-bond acceptors (Lipinski definition) is 5. The van der Waals surface area contributed by atoms with E-state index in [1.165, 1.54) is 19.1 Å². The van der Waals surface area contributed by atoms with Gasteiger partial charge in [-0.05, 0) is 61.3 Å². The minimum Gasteiger partial charge on any atom is -0.425 e. The summed E-state index contributed by atoms with van der Waals surface area (Å²) in [6.45, 7) is 1.09. The molecule has 0 unspecified atom stereocenters. The molecule has 6 rings (SSSR count). The number of nitrogens with zero attached hydrogens (tertiary/aromatic N) is 1. The van der Waals surface area contributed by atoms with Crippen LogP contribution in [0.15, 0.2) is 36.4 Å². The minimum atomic E-state index is -0.656. The van der Waals surface area contributed by atoms with Crippen molar-refractivity contribution < 1.29 is 23.9 Å². The van der Waals surface area contributed by atoms with Gasteiger partial charge < -0.3 is 4.74 Å². The maximum absolute atomic E-state index is 12.8. The SMILES string of the molecule is CC(=O)c1ccc(OC(=O)CN2C(=O)[C@@H]3[C@H]4C=C[C@@H]([C@@H]5C[C@H]45)[C@@H]3C2=O)cc1. The predicted molar refractivity (Wildman–Crippen MR) is 93.5 cm³/mol. The van der Waals surface area contributed by atoms with Crippen molar-refractivity contribution in [2.75, 3.05) is 6.54 Å². The molecule has 1 aromatic carbocycles. The van der Waals surface area contributed by atoms with E-state index in [9.17, 15) is 19.2 Å². The Morgan fingerprint density at radius 2 is 1.56 bits per heavy atom. The van der Waals surface area contributed by atoms with Crippen molar-refractivity contribution in [1.82, 2.24) is 4.90 Å². The highest BCUT2D eigenvalue weighted by atomic mass is 16.5. The number of allylic oxidation sites excluding steroid dienone is 2. The van der Waals surface area contributed by atoms with Crippen LogP contribution in [-0.4, -0.2) is 35.0 Å². The second-order valence-electron chi connectivity index (χ2n) is 7.97. The summed E-state index contributed by atoms with van der Waals surface area (Å²) in [4.78, 5) is 50.3. The second-order valence-corrected chi connectivity index (χ2v) is 7.97. The Morgan fingerprint density at radius 3 is 2.07 bits per heavy atom. The Kier molecular flexibility index (Phi) is 3.41. The number of rotatable bonds is 4. The summed E-state index contributed by atoms with van der Waals surface area (Å²) in [5.74, 6) is -0.196. The summed E-state index contributed by atoms with van der Waals surface area (Å²) in [5, 5.41) is 0. The monoisotopic (exact) mass is 365 g/mol. The Balaban J connectivity index is 1.29. The van der Waals surface area contributed by atoms with E-state index in [0.29, 0.717) is 17.4 Å². The van der Waals surface area contributed by atoms with Crippen LogP contribution in [-0.2, 0) is 14.4 Å². The summed E-state index contributed by atoms with van der Waals surface area (Å²) in [6, 6.07) is 6.20. The second kappa shape index (κ2) is 5.62. The topological polar surface area (TPSA) is 80.8 Å². The van der Waals surface area contributed by atoms with E-state index < -0.39 is 5.97 Å². The Labute approximate surface area is 156 Å². The molecule has 0 N–H and O–H groups in total. The lowest BCUT2D eigenvalue weighted by Crippen LogP contribution is -2.40. The lowest BCUT2D eigenvalue weighted by atomic mass is 9.63. The summed E-state index contributed by atoms with van der Waals surface area (Å²) in [6.07, 6.45) is 5.31. The Hall–Kier alpha value is -2.76. The summed E-state index contributed by atoms with van der Waals surface area (Å²) >= 11 is 0. The Morgan fingerprint density at radius 1 is 1.00 bits per heavy atom. The highest BCUT2D eigenvalue weighted by Gasteiger charge is 2.67. The molecule has 5 aliphatic rings. The zero-order chi connectivity index (χ0) is 18.9. The van der Waals surface area contributed by atoms with Crippen molar-refractivity contribution in [2.45, 2.75) is 13.3 Å². The van der Waals surface area contributed by atoms with Crippen molar-refractivity contribution in [1.29, 1.82) is 0 Å². The molecule has 1 aliphatic heterocycles. The van der Waals surface area contributed by atoms with Crippen molar-refractivity contribution in [3.63, 3.8) is 0 Å². The lowest BCUT2D eigenvalue weighted by Gasteiger charge is -2.37. The van der Waals surface area contributed by atoms with Crippen molar-refractivity contribution in [2.24, 2.45) is 35.5 Å². The van der Waals surface area contributed by atoms with Gasteiger partial charge in [0.1, 0.15) is 12.3 Å². The third-order valence-corrected chi connectivity index (χ3v) is 6.53. The number of carbonyl (C=O) groups is 4. The maximum atomic E-state index is 12.8. The van der Waals surface area contributed by atoms with Gasteiger partial charge in [0, 0.05) is 5.56 Å². The van der Waals surface area contributed by atoms with Crippen molar-refractivity contribution >= 4 is 23.6 Å². The molecule has 27 heavy (non-hydrogen) atoms. The van der Waals surface area contributed by atoms with E-state index in [-0.39, 0.29) is 53.6 Å². The maximum Gasteiger partial charge on any atom is 0.331 e. The van der Waals surface area contributed by atoms with E-state index in [2.05, 4.69) is 12.2 Å². The van der Waals surface area contributed by atoms with Gasteiger partial charge in [-0.2, -0.15) is 0 Å². The molecule has 6 nitrogen and oxygen atoms in total. The molecule has 138 valence electrons. The third-order valence-electron chi connectivity index (χ3n) is 6.53. The zero-order valence-electron chi connectivity index (χ0n) is 14.8. The quantitative estimate of drug-likeness (QED) is 0.267. The van der Waals surface area contributed by atoms with Gasteiger partial charge in [0.25, 0.3) is 0 Å². The first kappa shape index (κ1) is 16.4. The number of imide groups is 1. The number of likely N-dealkylation sites (tertiary alicyclic amines) is 1. The molecule has 1 aromatic rings. The number of benzene rings is 1. The smallest absolute Gasteiger partial charge is 0.331 e. The van der Waals surface area contributed by atoms with Crippen LogP contribution in [0.1, 0.15) is 23.7 Å². The van der Waals surface area contributed by atoms with Crippen LogP contribution < -0.4 is 4.74 Å². The number of ether oxygens (including phenoxy) is 1. The first-order chi connectivity index (χ1) is 13.0. The molecule has 1 heterocycles. The number of carbonyl (C=O) groups excluding carboxylic acids is 4. The molecular weight excluding hydrogens is 346 g/mol. The van der Waals surface area contributed by atoms with Crippen LogP contribution in [0.25, 0.3) is 0 Å². The van der Waals surface area contributed by atoms with Gasteiger partial charge in [0.05, 0.1) is 11.8 Å². The summed E-state index contributed by atoms with van der Waals surface area (Å²) in [7, 11) is 0. The fourth-order valence-corrected chi connectivity index (χ4v) is 5.23. The fourth-order valence-electron chi connectivity index (χ4n) is 5.23. The van der Waals surface area contributed by atoms with Crippen LogP contribution in [0.2, 0.25) is 0 Å². The molecule has 3 fully saturated rings. The number of Topliss-reactive ketones (excluding diaryl/α,β-unsaturated/α-hetero) is 1. The zero-order valence-corrected chi connectivity index (χ0v) is 14.8. The summed E-state index contributed by atoms with van der Waals surface area (Å²) in [5.41, 5.74) is 0.519. The number of amides is 2. The van der Waals surface area contributed by atoms with Crippen LogP contribution in [0.3, 0.4) is 0 Å². The first-order valence-electron chi connectivity index (χ1n) is 9.31. The average molecular weight is 365 g/mol. The molecule has 4 aliphatic carbocycles. The highest BCUT2D eigenvalue weighted by Crippen LogP contribution is 2.65.